The smallest absolute Gasteiger partial charge is 0.165 e. The molecule has 0 spiro atoms. The quantitative estimate of drug-likeness (QED) is 0.464. The van der Waals surface area contributed by atoms with Gasteiger partial charge in [0.15, 0.2) is 23.0 Å². The molecule has 1 fully saturated rings. The first kappa shape index (κ1) is 22.0. The van der Waals surface area contributed by atoms with E-state index < -0.39 is 5.82 Å². The lowest BCUT2D eigenvalue weighted by molar-refractivity contribution is 0.374. The number of hydrogen-bond acceptors (Lipinski definition) is 8. The molecule has 10 heteroatoms. The lowest BCUT2D eigenvalue weighted by Gasteiger charge is -2.40. The van der Waals surface area contributed by atoms with Crippen molar-refractivity contribution in [3.63, 3.8) is 0 Å². The van der Waals surface area contributed by atoms with Gasteiger partial charge in [-0.1, -0.05) is 0 Å². The normalized spacial score (nSPS) is 18.4. The summed E-state index contributed by atoms with van der Waals surface area (Å²) < 4.78 is 21.4. The number of halogens is 1. The van der Waals surface area contributed by atoms with Crippen molar-refractivity contribution in [3.05, 3.63) is 54.5 Å². The Morgan fingerprint density at radius 2 is 2.03 bits per heavy atom. The molecule has 1 atom stereocenters. The average molecular weight is 463 g/mol. The average Bonchev–Trinajstić information content (AvgIpc) is 3.22. The summed E-state index contributed by atoms with van der Waals surface area (Å²) >= 11 is 0. The Labute approximate surface area is 196 Å². The van der Waals surface area contributed by atoms with E-state index in [2.05, 4.69) is 31.8 Å². The Kier molecular flexibility index (Phi) is 5.52. The second-order valence-electron chi connectivity index (χ2n) is 9.03. The Bertz CT molecular complexity index is 1350. The Morgan fingerprint density at radius 3 is 2.79 bits per heavy atom. The van der Waals surface area contributed by atoms with Crippen LogP contribution in [0.3, 0.4) is 0 Å². The van der Waals surface area contributed by atoms with Crippen molar-refractivity contribution in [2.75, 3.05) is 30.8 Å². The number of aromatic nitrogens is 5. The van der Waals surface area contributed by atoms with Crippen LogP contribution >= 0.6 is 0 Å². The zero-order chi connectivity index (χ0) is 23.9. The van der Waals surface area contributed by atoms with Crippen LogP contribution in [0.2, 0.25) is 0 Å². The van der Waals surface area contributed by atoms with Crippen LogP contribution in [-0.2, 0) is 6.54 Å². The van der Waals surface area contributed by atoms with E-state index in [4.69, 9.17) is 16.2 Å². The summed E-state index contributed by atoms with van der Waals surface area (Å²) in [6, 6.07) is 6.82. The standard InChI is InChI=1S/C24H27FN8O/c1-24(27)6-3-7-32(12-24)19-10-28-18(15-4-5-20(34-2)17(25)8-15)9-16(19)11-33-14-31-21-22(26)29-13-30-23(21)33/h4-5,8-10,13-14H,3,6-7,11-12,27H2,1-2H3,(H2,26,29,30)/t24-/m1/s1. The summed E-state index contributed by atoms with van der Waals surface area (Å²) in [4.78, 5) is 19.7. The van der Waals surface area contributed by atoms with Gasteiger partial charge in [-0.3, -0.25) is 4.98 Å². The van der Waals surface area contributed by atoms with Crippen molar-refractivity contribution >= 4 is 22.7 Å². The fraction of sp³-hybridized carbons (Fsp3) is 0.333. The van der Waals surface area contributed by atoms with E-state index in [9.17, 15) is 4.39 Å². The van der Waals surface area contributed by atoms with Crippen LogP contribution in [0.5, 0.6) is 5.75 Å². The second-order valence-corrected chi connectivity index (χ2v) is 9.03. The van der Waals surface area contributed by atoms with Gasteiger partial charge in [-0.15, -0.1) is 0 Å². The summed E-state index contributed by atoms with van der Waals surface area (Å²) in [6.45, 7) is 4.16. The topological polar surface area (TPSA) is 121 Å². The molecule has 1 aliphatic rings. The summed E-state index contributed by atoms with van der Waals surface area (Å²) in [5.41, 5.74) is 16.7. The lowest BCUT2D eigenvalue weighted by atomic mass is 9.91. The lowest BCUT2D eigenvalue weighted by Crippen LogP contribution is -2.52. The van der Waals surface area contributed by atoms with E-state index in [0.29, 0.717) is 34.8 Å². The molecule has 3 aromatic heterocycles. The maximum atomic E-state index is 14.4. The van der Waals surface area contributed by atoms with Crippen molar-refractivity contribution in [1.29, 1.82) is 0 Å². The van der Waals surface area contributed by atoms with Crippen molar-refractivity contribution < 1.29 is 9.13 Å². The minimum absolute atomic E-state index is 0.193. The number of nitrogens with two attached hydrogens (primary N) is 2. The van der Waals surface area contributed by atoms with Gasteiger partial charge in [0.1, 0.15) is 11.8 Å². The monoisotopic (exact) mass is 462 g/mol. The molecule has 0 bridgehead atoms. The number of fused-ring (bicyclic) bond motifs is 1. The van der Waals surface area contributed by atoms with E-state index in [-0.39, 0.29) is 11.3 Å². The highest BCUT2D eigenvalue weighted by atomic mass is 19.1. The number of hydrogen-bond donors (Lipinski definition) is 2. The highest BCUT2D eigenvalue weighted by Gasteiger charge is 2.28. The minimum Gasteiger partial charge on any atom is -0.494 e. The predicted octanol–water partition coefficient (Wildman–Crippen LogP) is 2.98. The number of nitrogens with zero attached hydrogens (tertiary/aromatic N) is 6. The summed E-state index contributed by atoms with van der Waals surface area (Å²) in [5.74, 6) is 0.0939. The molecule has 1 saturated heterocycles. The van der Waals surface area contributed by atoms with Crippen LogP contribution in [0.4, 0.5) is 15.9 Å². The van der Waals surface area contributed by atoms with Crippen LogP contribution in [0.25, 0.3) is 22.4 Å². The molecule has 0 amide bonds. The van der Waals surface area contributed by atoms with Gasteiger partial charge in [0.25, 0.3) is 0 Å². The molecule has 4 N–H and O–H groups in total. The molecule has 4 heterocycles. The van der Waals surface area contributed by atoms with Crippen molar-refractivity contribution in [3.8, 4) is 17.0 Å². The molecule has 0 aliphatic carbocycles. The van der Waals surface area contributed by atoms with Crippen molar-refractivity contribution in [1.82, 2.24) is 24.5 Å². The molecule has 1 aromatic carbocycles. The molecule has 0 unspecified atom stereocenters. The van der Waals surface area contributed by atoms with E-state index in [1.807, 2.05) is 16.8 Å². The second kappa shape index (κ2) is 8.53. The van der Waals surface area contributed by atoms with Crippen LogP contribution in [0.15, 0.2) is 43.1 Å². The summed E-state index contributed by atoms with van der Waals surface area (Å²) in [7, 11) is 1.44. The number of benzene rings is 1. The van der Waals surface area contributed by atoms with E-state index in [1.54, 1.807) is 18.5 Å². The van der Waals surface area contributed by atoms with Crippen molar-refractivity contribution in [2.24, 2.45) is 5.73 Å². The fourth-order valence-corrected chi connectivity index (χ4v) is 4.56. The van der Waals surface area contributed by atoms with Crippen molar-refractivity contribution in [2.45, 2.75) is 31.8 Å². The van der Waals surface area contributed by atoms with Gasteiger partial charge < -0.3 is 25.7 Å². The number of piperidine rings is 1. The molecular formula is C24H27FN8O. The first-order chi connectivity index (χ1) is 16.3. The van der Waals surface area contributed by atoms with Gasteiger partial charge in [-0.2, -0.15) is 0 Å². The van der Waals surface area contributed by atoms with Crippen LogP contribution in [0.1, 0.15) is 25.3 Å². The van der Waals surface area contributed by atoms with Crippen LogP contribution in [0, 0.1) is 5.82 Å². The number of anilines is 2. The SMILES string of the molecule is COc1ccc(-c2cc(Cn3cnc4c(N)ncnc43)c(N3CCC[C@@](C)(N)C3)cn2)cc1F. The van der Waals surface area contributed by atoms with Gasteiger partial charge in [-0.05, 0) is 49.6 Å². The number of methoxy groups -OCH3 is 1. The largest absolute Gasteiger partial charge is 0.494 e. The number of ether oxygens (including phenoxy) is 1. The third kappa shape index (κ3) is 4.12. The van der Waals surface area contributed by atoms with E-state index >= 15 is 0 Å². The molecule has 1 aliphatic heterocycles. The van der Waals surface area contributed by atoms with Gasteiger partial charge in [0, 0.05) is 24.2 Å². The number of imidazole rings is 1. The molecule has 34 heavy (non-hydrogen) atoms. The molecule has 0 saturated carbocycles. The maximum Gasteiger partial charge on any atom is 0.165 e. The van der Waals surface area contributed by atoms with Crippen LogP contribution in [-0.4, -0.2) is 50.2 Å². The maximum absolute atomic E-state index is 14.4. The molecule has 4 aromatic rings. The van der Waals surface area contributed by atoms with Gasteiger partial charge in [0.2, 0.25) is 0 Å². The first-order valence-corrected chi connectivity index (χ1v) is 11.1. The Morgan fingerprint density at radius 1 is 1.18 bits per heavy atom. The molecular weight excluding hydrogens is 435 g/mol. The zero-order valence-corrected chi connectivity index (χ0v) is 19.2. The van der Waals surface area contributed by atoms with Gasteiger partial charge in [0.05, 0.1) is 37.6 Å². The minimum atomic E-state index is -0.435. The number of pyridine rings is 1. The molecule has 0 radical (unpaired) electrons. The van der Waals surface area contributed by atoms with Crippen LogP contribution < -0.4 is 21.1 Å². The first-order valence-electron chi connectivity index (χ1n) is 11.1. The Balaban J connectivity index is 1.59. The highest BCUT2D eigenvalue weighted by molar-refractivity contribution is 5.81. The molecule has 5 rings (SSSR count). The Hall–Kier alpha value is -3.79. The molecule has 9 nitrogen and oxygen atoms in total. The predicted molar refractivity (Wildman–Crippen MR) is 129 cm³/mol. The van der Waals surface area contributed by atoms with E-state index in [0.717, 1.165) is 37.2 Å². The van der Waals surface area contributed by atoms with Gasteiger partial charge in [-0.25, -0.2) is 19.3 Å². The summed E-state index contributed by atoms with van der Waals surface area (Å²) in [5, 5.41) is 0. The van der Waals surface area contributed by atoms with E-state index in [1.165, 1.54) is 19.5 Å². The van der Waals surface area contributed by atoms with Gasteiger partial charge >= 0.3 is 0 Å². The zero-order valence-electron chi connectivity index (χ0n) is 19.2. The summed E-state index contributed by atoms with van der Waals surface area (Å²) in [6.07, 6.45) is 6.94. The third-order valence-electron chi connectivity index (χ3n) is 6.25. The number of rotatable bonds is 5. The number of nitrogen functional groups attached to an aromatic ring is 1. The molecule has 176 valence electrons. The fourth-order valence-electron chi connectivity index (χ4n) is 4.56. The third-order valence-corrected chi connectivity index (χ3v) is 6.25. The highest BCUT2D eigenvalue weighted by Crippen LogP contribution is 2.32.